The molecule has 0 amide bonds. The predicted octanol–water partition coefficient (Wildman–Crippen LogP) is 4.56. The van der Waals surface area contributed by atoms with Crippen molar-refractivity contribution in [2.24, 2.45) is 5.73 Å². The number of hydrogen-bond donors (Lipinski definition) is 1. The Bertz CT molecular complexity index is 672. The van der Waals surface area contributed by atoms with Crippen molar-refractivity contribution in [1.82, 2.24) is 0 Å². The van der Waals surface area contributed by atoms with E-state index < -0.39 is 34.8 Å². The van der Waals surface area contributed by atoms with Crippen LogP contribution in [0.1, 0.15) is 17.2 Å². The molecular weight excluding hydrogens is 329 g/mol. The van der Waals surface area contributed by atoms with E-state index in [4.69, 9.17) is 17.3 Å². The van der Waals surface area contributed by atoms with Crippen LogP contribution in [0.25, 0.3) is 0 Å². The van der Waals surface area contributed by atoms with Crippen LogP contribution in [0.4, 0.5) is 22.0 Å². The highest BCUT2D eigenvalue weighted by Gasteiger charge is 2.31. The van der Waals surface area contributed by atoms with Crippen LogP contribution >= 0.6 is 11.6 Å². The lowest BCUT2D eigenvalue weighted by Crippen LogP contribution is -2.18. The number of rotatable bonds is 3. The molecule has 8 heteroatoms. The molecule has 2 rings (SSSR count). The van der Waals surface area contributed by atoms with E-state index in [0.29, 0.717) is 0 Å². The number of nitrogens with two attached hydrogens (primary N) is 1. The van der Waals surface area contributed by atoms with E-state index in [1.54, 1.807) is 0 Å². The number of ether oxygens (including phenoxy) is 1. The Balaban J connectivity index is 2.31. The van der Waals surface area contributed by atoms with Gasteiger partial charge in [-0.15, -0.1) is 13.2 Å². The van der Waals surface area contributed by atoms with Gasteiger partial charge in [0.1, 0.15) is 17.4 Å². The molecule has 2 aromatic carbocycles. The molecule has 0 spiro atoms. The molecule has 2 nitrogen and oxygen atoms in total. The monoisotopic (exact) mass is 337 g/mol. The third-order valence-electron chi connectivity index (χ3n) is 2.86. The topological polar surface area (TPSA) is 35.2 Å². The molecule has 0 aliphatic heterocycles. The summed E-state index contributed by atoms with van der Waals surface area (Å²) in [5.41, 5.74) is 5.79. The summed E-state index contributed by atoms with van der Waals surface area (Å²) >= 11 is 5.69. The highest BCUT2D eigenvalue weighted by Crippen LogP contribution is 2.32. The fourth-order valence-electron chi connectivity index (χ4n) is 1.87. The fourth-order valence-corrected chi connectivity index (χ4v) is 2.14. The standard InChI is InChI=1S/C14H9ClF5NO/c15-12-10(17)6-5-9(16)11(12)13(21)7-1-3-8(4-2-7)22-14(18,19)20/h1-6,13H,21H2/t13-/m1/s1. The van der Waals surface area contributed by atoms with Crippen LogP contribution in [0, 0.1) is 11.6 Å². The molecule has 2 aromatic rings. The van der Waals surface area contributed by atoms with Crippen LogP contribution in [0.15, 0.2) is 36.4 Å². The minimum Gasteiger partial charge on any atom is -0.406 e. The third-order valence-corrected chi connectivity index (χ3v) is 3.25. The van der Waals surface area contributed by atoms with Gasteiger partial charge in [-0.2, -0.15) is 0 Å². The third kappa shape index (κ3) is 3.66. The summed E-state index contributed by atoms with van der Waals surface area (Å²) in [5, 5.41) is -0.469. The second-order valence-electron chi connectivity index (χ2n) is 4.35. The first-order chi connectivity index (χ1) is 10.2. The van der Waals surface area contributed by atoms with E-state index in [1.807, 2.05) is 0 Å². The van der Waals surface area contributed by atoms with Gasteiger partial charge in [0.05, 0.1) is 11.1 Å². The van der Waals surface area contributed by atoms with Crippen molar-refractivity contribution in [3.8, 4) is 5.75 Å². The van der Waals surface area contributed by atoms with Crippen molar-refractivity contribution in [3.63, 3.8) is 0 Å². The zero-order valence-corrected chi connectivity index (χ0v) is 11.6. The van der Waals surface area contributed by atoms with Gasteiger partial charge in [-0.3, -0.25) is 0 Å². The predicted molar refractivity (Wildman–Crippen MR) is 70.5 cm³/mol. The summed E-state index contributed by atoms with van der Waals surface area (Å²) in [6.45, 7) is 0. The van der Waals surface area contributed by atoms with Crippen LogP contribution in [0.2, 0.25) is 5.02 Å². The first-order valence-electron chi connectivity index (χ1n) is 5.93. The van der Waals surface area contributed by atoms with Gasteiger partial charge in [-0.1, -0.05) is 23.7 Å². The Morgan fingerprint density at radius 2 is 1.50 bits per heavy atom. The van der Waals surface area contributed by atoms with Gasteiger partial charge < -0.3 is 10.5 Å². The van der Waals surface area contributed by atoms with Gasteiger partial charge in [0.25, 0.3) is 0 Å². The maximum Gasteiger partial charge on any atom is 0.573 e. The molecule has 22 heavy (non-hydrogen) atoms. The molecule has 0 unspecified atom stereocenters. The van der Waals surface area contributed by atoms with Crippen molar-refractivity contribution in [2.75, 3.05) is 0 Å². The number of halogens is 6. The highest BCUT2D eigenvalue weighted by molar-refractivity contribution is 6.31. The van der Waals surface area contributed by atoms with Crippen molar-refractivity contribution >= 4 is 11.6 Å². The van der Waals surface area contributed by atoms with Crippen LogP contribution in [0.5, 0.6) is 5.75 Å². The Kier molecular flexibility index (Phi) is 4.58. The van der Waals surface area contributed by atoms with Crippen LogP contribution in [-0.4, -0.2) is 6.36 Å². The molecule has 0 fully saturated rings. The van der Waals surface area contributed by atoms with E-state index in [0.717, 1.165) is 24.3 Å². The Morgan fingerprint density at radius 3 is 2.05 bits per heavy atom. The largest absolute Gasteiger partial charge is 0.573 e. The summed E-state index contributed by atoms with van der Waals surface area (Å²) in [7, 11) is 0. The molecular formula is C14H9ClF5NO. The molecule has 0 saturated heterocycles. The van der Waals surface area contributed by atoms with E-state index in [-0.39, 0.29) is 11.1 Å². The first-order valence-corrected chi connectivity index (χ1v) is 6.31. The summed E-state index contributed by atoms with van der Waals surface area (Å²) in [6.07, 6.45) is -4.82. The summed E-state index contributed by atoms with van der Waals surface area (Å²) < 4.78 is 67.0. The number of benzene rings is 2. The van der Waals surface area contributed by atoms with E-state index >= 15 is 0 Å². The summed E-state index contributed by atoms with van der Waals surface area (Å²) in [6, 6.07) is 5.06. The van der Waals surface area contributed by atoms with Crippen LogP contribution < -0.4 is 10.5 Å². The van der Waals surface area contributed by atoms with Gasteiger partial charge >= 0.3 is 6.36 Å². The van der Waals surface area contributed by atoms with E-state index in [1.165, 1.54) is 12.1 Å². The summed E-state index contributed by atoms with van der Waals surface area (Å²) in [5.74, 6) is -2.10. The van der Waals surface area contributed by atoms with E-state index in [2.05, 4.69) is 4.74 Å². The second kappa shape index (κ2) is 6.10. The van der Waals surface area contributed by atoms with Gasteiger partial charge in [0.15, 0.2) is 0 Å². The minimum atomic E-state index is -4.82. The molecule has 1 atom stereocenters. The Labute approximate surface area is 127 Å². The fraction of sp³-hybridized carbons (Fsp3) is 0.143. The summed E-state index contributed by atoms with van der Waals surface area (Å²) in [4.78, 5) is 0. The zero-order chi connectivity index (χ0) is 16.5. The zero-order valence-electron chi connectivity index (χ0n) is 10.8. The van der Waals surface area contributed by atoms with Gasteiger partial charge in [0.2, 0.25) is 0 Å². The van der Waals surface area contributed by atoms with Crippen molar-refractivity contribution in [3.05, 3.63) is 64.2 Å². The maximum absolute atomic E-state index is 13.8. The van der Waals surface area contributed by atoms with Crippen LogP contribution in [-0.2, 0) is 0 Å². The van der Waals surface area contributed by atoms with E-state index in [9.17, 15) is 22.0 Å². The van der Waals surface area contributed by atoms with Crippen molar-refractivity contribution in [1.29, 1.82) is 0 Å². The van der Waals surface area contributed by atoms with Gasteiger partial charge in [0, 0.05) is 5.56 Å². The lowest BCUT2D eigenvalue weighted by molar-refractivity contribution is -0.274. The Morgan fingerprint density at radius 1 is 0.955 bits per heavy atom. The molecule has 2 N–H and O–H groups in total. The molecule has 0 heterocycles. The molecule has 0 aliphatic carbocycles. The molecule has 0 aliphatic rings. The van der Waals surface area contributed by atoms with Crippen LogP contribution in [0.3, 0.4) is 0 Å². The second-order valence-corrected chi connectivity index (χ2v) is 4.73. The number of hydrogen-bond acceptors (Lipinski definition) is 2. The lowest BCUT2D eigenvalue weighted by atomic mass is 9.99. The molecule has 0 radical (unpaired) electrons. The van der Waals surface area contributed by atoms with Crippen molar-refractivity contribution in [2.45, 2.75) is 12.4 Å². The number of alkyl halides is 3. The average Bonchev–Trinajstić information content (AvgIpc) is 2.42. The molecule has 0 bridgehead atoms. The minimum absolute atomic E-state index is 0.251. The first kappa shape index (κ1) is 16.5. The highest BCUT2D eigenvalue weighted by atomic mass is 35.5. The normalized spacial score (nSPS) is 13.0. The average molecular weight is 338 g/mol. The maximum atomic E-state index is 13.8. The van der Waals surface area contributed by atoms with Crippen molar-refractivity contribution < 1.29 is 26.7 Å². The molecule has 118 valence electrons. The molecule has 0 saturated carbocycles. The van der Waals surface area contributed by atoms with Gasteiger partial charge in [-0.25, -0.2) is 8.78 Å². The Hall–Kier alpha value is -1.86. The van der Waals surface area contributed by atoms with Gasteiger partial charge in [-0.05, 0) is 29.8 Å². The quantitative estimate of drug-likeness (QED) is 0.658. The lowest BCUT2D eigenvalue weighted by Gasteiger charge is -2.16. The molecule has 0 aromatic heterocycles. The SMILES string of the molecule is N[C@H](c1ccc(OC(F)(F)F)cc1)c1c(F)ccc(F)c1Cl. The smallest absolute Gasteiger partial charge is 0.406 e.